The van der Waals surface area contributed by atoms with Crippen molar-refractivity contribution in [2.75, 3.05) is 39.8 Å². The summed E-state index contributed by atoms with van der Waals surface area (Å²) in [6.07, 6.45) is 10.1. The van der Waals surface area contributed by atoms with Gasteiger partial charge in [-0.1, -0.05) is 6.07 Å². The van der Waals surface area contributed by atoms with Crippen molar-refractivity contribution in [1.82, 2.24) is 28.7 Å². The van der Waals surface area contributed by atoms with E-state index in [0.29, 0.717) is 38.0 Å². The number of likely N-dealkylation sites (tertiary alicyclic amines) is 2. The lowest BCUT2D eigenvalue weighted by atomic mass is 9.78. The summed E-state index contributed by atoms with van der Waals surface area (Å²) in [6, 6.07) is 9.02. The Kier molecular flexibility index (Phi) is 5.83. The van der Waals surface area contributed by atoms with Gasteiger partial charge in [0.15, 0.2) is 5.78 Å². The molecule has 1 aliphatic carbocycles. The van der Waals surface area contributed by atoms with E-state index in [-0.39, 0.29) is 23.0 Å². The first kappa shape index (κ1) is 25.7. The molecule has 0 radical (unpaired) electrons. The molecule has 0 atom stereocenters. The molecule has 4 aromatic rings. The fourth-order valence-corrected chi connectivity index (χ4v) is 7.84. The highest BCUT2D eigenvalue weighted by Gasteiger charge is 2.42. The van der Waals surface area contributed by atoms with Crippen LogP contribution < -0.4 is 0 Å². The largest absolute Gasteiger partial charge is 0.345 e. The smallest absolute Gasteiger partial charge is 0.320 e. The van der Waals surface area contributed by atoms with E-state index < -0.39 is 0 Å². The van der Waals surface area contributed by atoms with Gasteiger partial charge in [-0.25, -0.2) is 14.2 Å². The number of Topliss-reactive ketones (excluding diaryl/α,β-unsaturated/α-hetero) is 1. The van der Waals surface area contributed by atoms with Crippen LogP contribution in [0.3, 0.4) is 0 Å². The summed E-state index contributed by atoms with van der Waals surface area (Å²) in [6.45, 7) is 5.35. The zero-order valence-corrected chi connectivity index (χ0v) is 24.0. The monoisotopic (exact) mass is 566 g/mol. The zero-order chi connectivity index (χ0) is 28.6. The van der Waals surface area contributed by atoms with Gasteiger partial charge in [0.25, 0.3) is 0 Å². The summed E-state index contributed by atoms with van der Waals surface area (Å²) in [5.41, 5.74) is 6.10. The maximum Gasteiger partial charge on any atom is 0.320 e. The molecule has 0 saturated carbocycles. The number of carbonyl (C=O) groups is 2. The number of fused-ring (bicyclic) bond motifs is 1. The van der Waals surface area contributed by atoms with Crippen molar-refractivity contribution in [3.05, 3.63) is 71.6 Å². The number of urea groups is 1. The fourth-order valence-electron chi connectivity index (χ4n) is 7.84. The van der Waals surface area contributed by atoms with Crippen LogP contribution >= 0.6 is 0 Å². The van der Waals surface area contributed by atoms with Gasteiger partial charge in [0.1, 0.15) is 11.5 Å². The first-order valence-corrected chi connectivity index (χ1v) is 15.1. The van der Waals surface area contributed by atoms with Gasteiger partial charge in [0.05, 0.1) is 17.4 Å². The Morgan fingerprint density at radius 1 is 1.00 bits per heavy atom. The normalized spacial score (nSPS) is 21.0. The number of halogens is 1. The van der Waals surface area contributed by atoms with Crippen LogP contribution in [0.15, 0.2) is 48.9 Å². The molecule has 0 unspecified atom stereocenters. The lowest BCUT2D eigenvalue weighted by Gasteiger charge is -2.38. The molecule has 0 N–H and O–H groups in total. The number of imidazole rings is 1. The molecule has 2 amide bonds. The Hall–Kier alpha value is -3.98. The summed E-state index contributed by atoms with van der Waals surface area (Å²) in [5, 5.41) is 0.807. The summed E-state index contributed by atoms with van der Waals surface area (Å²) in [5.74, 6) is -0.233. The van der Waals surface area contributed by atoms with E-state index in [1.54, 1.807) is 18.3 Å². The van der Waals surface area contributed by atoms with Crippen molar-refractivity contribution in [1.29, 1.82) is 0 Å². The number of allylic oxidation sites excluding steroid dienone is 2. The van der Waals surface area contributed by atoms with Gasteiger partial charge in [0, 0.05) is 68.1 Å². The molecule has 8 rings (SSSR count). The van der Waals surface area contributed by atoms with Crippen molar-refractivity contribution < 1.29 is 14.0 Å². The molecule has 0 bridgehead atoms. The Morgan fingerprint density at radius 2 is 1.83 bits per heavy atom. The lowest BCUT2D eigenvalue weighted by molar-refractivity contribution is -0.113. The van der Waals surface area contributed by atoms with Gasteiger partial charge in [-0.2, -0.15) is 0 Å². The lowest BCUT2D eigenvalue weighted by Crippen LogP contribution is -2.45. The van der Waals surface area contributed by atoms with Crippen LogP contribution in [0, 0.1) is 11.2 Å². The van der Waals surface area contributed by atoms with E-state index in [1.807, 2.05) is 38.6 Å². The number of benzene rings is 1. The van der Waals surface area contributed by atoms with Crippen molar-refractivity contribution in [3.8, 4) is 0 Å². The molecule has 3 aromatic heterocycles. The maximum absolute atomic E-state index is 15.2. The number of amides is 2. The highest BCUT2D eigenvalue weighted by Crippen LogP contribution is 2.43. The van der Waals surface area contributed by atoms with E-state index >= 15 is 4.39 Å². The SMILES string of the molecule is CN1CCC2(CC1)CCN(C(=O)N1CCn3cc(C4=C(c5cnc6ccccn56)C(=O)CC4)c4cc(F)cc(c43)C1)C2. The second-order valence-electron chi connectivity index (χ2n) is 12.7. The van der Waals surface area contributed by atoms with Crippen molar-refractivity contribution in [2.24, 2.45) is 5.41 Å². The van der Waals surface area contributed by atoms with Gasteiger partial charge in [-0.3, -0.25) is 9.20 Å². The van der Waals surface area contributed by atoms with Crippen LogP contribution in [0.4, 0.5) is 9.18 Å². The number of ketones is 1. The van der Waals surface area contributed by atoms with E-state index in [1.165, 1.54) is 0 Å². The molecule has 9 heteroatoms. The topological polar surface area (TPSA) is 66.1 Å². The molecular formula is C33H35FN6O2. The molecule has 6 heterocycles. The number of hydrogen-bond acceptors (Lipinski definition) is 4. The van der Waals surface area contributed by atoms with Crippen molar-refractivity contribution >= 4 is 39.5 Å². The van der Waals surface area contributed by atoms with Gasteiger partial charge < -0.3 is 19.3 Å². The summed E-state index contributed by atoms with van der Waals surface area (Å²) in [4.78, 5) is 37.9. The Labute approximate surface area is 244 Å². The van der Waals surface area contributed by atoms with E-state index in [4.69, 9.17) is 0 Å². The first-order valence-electron chi connectivity index (χ1n) is 15.1. The summed E-state index contributed by atoms with van der Waals surface area (Å²) >= 11 is 0. The van der Waals surface area contributed by atoms with Gasteiger partial charge in [-0.15, -0.1) is 0 Å². The third-order valence-electron chi connectivity index (χ3n) is 10.2. The number of piperidine rings is 1. The minimum atomic E-state index is -0.321. The highest BCUT2D eigenvalue weighted by atomic mass is 19.1. The Bertz CT molecular complexity index is 1790. The van der Waals surface area contributed by atoms with Crippen LogP contribution in [-0.4, -0.2) is 80.2 Å². The standard InChI is InChI=1S/C33H35FN6O2/c1-36-11-7-33(8-12-36)9-13-39(21-33)32(42)38-15-14-37-20-26(25-17-23(34)16-22(19-38)31(25)37)24-5-6-28(41)30(24)27-18-35-29-4-2-3-10-40(27)29/h2-4,10,16-18,20H,5-9,11-15,19,21H2,1H3. The number of rotatable bonds is 2. The van der Waals surface area contributed by atoms with Crippen molar-refractivity contribution in [2.45, 2.75) is 45.2 Å². The third kappa shape index (κ3) is 4.01. The second-order valence-corrected chi connectivity index (χ2v) is 12.7. The van der Waals surface area contributed by atoms with Crippen LogP contribution in [0.1, 0.15) is 48.9 Å². The molecule has 1 aromatic carbocycles. The predicted molar refractivity (Wildman–Crippen MR) is 159 cm³/mol. The van der Waals surface area contributed by atoms with Crippen molar-refractivity contribution in [3.63, 3.8) is 0 Å². The molecule has 42 heavy (non-hydrogen) atoms. The number of pyridine rings is 1. The van der Waals surface area contributed by atoms with Crippen LogP contribution in [0.5, 0.6) is 0 Å². The molecule has 2 saturated heterocycles. The van der Waals surface area contributed by atoms with E-state index in [0.717, 1.165) is 84.4 Å². The van der Waals surface area contributed by atoms with Crippen LogP contribution in [-0.2, 0) is 17.9 Å². The zero-order valence-electron chi connectivity index (χ0n) is 24.0. The molecular weight excluding hydrogens is 531 g/mol. The van der Waals surface area contributed by atoms with Crippen LogP contribution in [0.25, 0.3) is 27.7 Å². The third-order valence-corrected chi connectivity index (χ3v) is 10.2. The van der Waals surface area contributed by atoms with Gasteiger partial charge in [0.2, 0.25) is 0 Å². The average Bonchev–Trinajstić information content (AvgIpc) is 3.74. The molecule has 1 spiro atoms. The van der Waals surface area contributed by atoms with E-state index in [2.05, 4.69) is 27.7 Å². The molecule has 8 nitrogen and oxygen atoms in total. The predicted octanol–water partition coefficient (Wildman–Crippen LogP) is 5.06. The molecule has 2 fully saturated rings. The number of carbonyl (C=O) groups excluding carboxylic acids is 2. The molecule has 3 aliphatic heterocycles. The second kappa shape index (κ2) is 9.52. The summed E-state index contributed by atoms with van der Waals surface area (Å²) in [7, 11) is 2.17. The molecule has 4 aliphatic rings. The molecule has 216 valence electrons. The number of hydrogen-bond donors (Lipinski definition) is 0. The first-order chi connectivity index (χ1) is 20.4. The highest BCUT2D eigenvalue weighted by molar-refractivity contribution is 6.31. The number of aromatic nitrogens is 3. The average molecular weight is 567 g/mol. The maximum atomic E-state index is 15.2. The number of nitrogens with zero attached hydrogens (tertiary/aromatic N) is 6. The Balaban J connectivity index is 1.14. The minimum Gasteiger partial charge on any atom is -0.345 e. The van der Waals surface area contributed by atoms with Gasteiger partial charge in [-0.05, 0) is 86.6 Å². The minimum absolute atomic E-state index is 0.0631. The van der Waals surface area contributed by atoms with E-state index in [9.17, 15) is 9.59 Å². The summed E-state index contributed by atoms with van der Waals surface area (Å²) < 4.78 is 19.4. The quantitative estimate of drug-likeness (QED) is 0.341. The van der Waals surface area contributed by atoms with Gasteiger partial charge >= 0.3 is 6.03 Å². The van der Waals surface area contributed by atoms with Crippen LogP contribution in [0.2, 0.25) is 0 Å². The Morgan fingerprint density at radius 3 is 2.69 bits per heavy atom. The fraction of sp³-hybridized carbons (Fsp3) is 0.424.